The molecule has 1 heterocycles. The van der Waals surface area contributed by atoms with Gasteiger partial charge in [0.15, 0.2) is 0 Å². The van der Waals surface area contributed by atoms with E-state index < -0.39 is 0 Å². The summed E-state index contributed by atoms with van der Waals surface area (Å²) in [6.45, 7) is 4.92. The number of nitrogens with zero attached hydrogens (tertiary/aromatic N) is 3. The monoisotopic (exact) mass is 293 g/mol. The zero-order valence-electron chi connectivity index (χ0n) is 13.6. The van der Waals surface area contributed by atoms with Crippen LogP contribution in [0.5, 0.6) is 0 Å². The van der Waals surface area contributed by atoms with Gasteiger partial charge in [0.05, 0.1) is 0 Å². The summed E-state index contributed by atoms with van der Waals surface area (Å²) in [5.41, 5.74) is 0.0528. The first-order valence-corrected chi connectivity index (χ1v) is 7.84. The Morgan fingerprint density at radius 3 is 2.86 bits per heavy atom. The van der Waals surface area contributed by atoms with Gasteiger partial charge in [0.1, 0.15) is 5.82 Å². The van der Waals surface area contributed by atoms with Crippen LogP contribution in [-0.2, 0) is 6.42 Å². The predicted octanol–water partition coefficient (Wildman–Crippen LogP) is 1.61. The number of carbonyl (C=O) groups excluding carboxylic acids is 1. The van der Waals surface area contributed by atoms with E-state index in [9.17, 15) is 4.79 Å². The summed E-state index contributed by atoms with van der Waals surface area (Å²) < 4.78 is 0. The normalized spacial score (nSPS) is 26.0. The van der Waals surface area contributed by atoms with Crippen molar-refractivity contribution in [2.75, 3.05) is 20.6 Å². The number of hydrogen-bond acceptors (Lipinski definition) is 4. The minimum atomic E-state index is -0.189. The lowest BCUT2D eigenvalue weighted by Gasteiger charge is -2.45. The number of nitrogens with one attached hydrogen (secondary N) is 2. The molecule has 2 unspecified atom stereocenters. The van der Waals surface area contributed by atoms with E-state index in [1.54, 1.807) is 0 Å². The van der Waals surface area contributed by atoms with Gasteiger partial charge in [-0.2, -0.15) is 0 Å². The third-order valence-electron chi connectivity index (χ3n) is 4.66. The number of aromatic nitrogens is 3. The fourth-order valence-corrected chi connectivity index (χ4v) is 3.24. The highest BCUT2D eigenvalue weighted by Crippen LogP contribution is 2.35. The molecule has 2 N–H and O–H groups in total. The molecule has 1 aromatic heterocycles. The Labute approximate surface area is 126 Å². The van der Waals surface area contributed by atoms with E-state index in [4.69, 9.17) is 0 Å². The third kappa shape index (κ3) is 3.61. The summed E-state index contributed by atoms with van der Waals surface area (Å²) >= 11 is 0. The highest BCUT2D eigenvalue weighted by Gasteiger charge is 2.37. The van der Waals surface area contributed by atoms with Crippen LogP contribution in [0.15, 0.2) is 0 Å². The number of aryl methyl sites for hydroxylation is 1. The SMILES string of the molecule is CCc1nc(C(=O)NCC2(N(C)C)CCCC(C)C2)n[nH]1. The van der Waals surface area contributed by atoms with Gasteiger partial charge in [-0.1, -0.05) is 26.7 Å². The van der Waals surface area contributed by atoms with Crippen LogP contribution < -0.4 is 5.32 Å². The van der Waals surface area contributed by atoms with Crippen molar-refractivity contribution >= 4 is 5.91 Å². The second-order valence-electron chi connectivity index (χ2n) is 6.46. The molecule has 2 atom stereocenters. The molecule has 1 aliphatic rings. The largest absolute Gasteiger partial charge is 0.347 e. The van der Waals surface area contributed by atoms with Crippen LogP contribution in [0, 0.1) is 5.92 Å². The molecule has 6 nitrogen and oxygen atoms in total. The van der Waals surface area contributed by atoms with Crippen molar-refractivity contribution in [3.63, 3.8) is 0 Å². The van der Waals surface area contributed by atoms with Gasteiger partial charge in [-0.3, -0.25) is 9.89 Å². The summed E-state index contributed by atoms with van der Waals surface area (Å²) in [5, 5.41) is 9.78. The fraction of sp³-hybridized carbons (Fsp3) is 0.800. The van der Waals surface area contributed by atoms with Gasteiger partial charge in [-0.05, 0) is 32.9 Å². The Balaban J connectivity index is 2.00. The topological polar surface area (TPSA) is 73.9 Å². The van der Waals surface area contributed by atoms with E-state index in [0.29, 0.717) is 12.5 Å². The highest BCUT2D eigenvalue weighted by molar-refractivity contribution is 5.90. The van der Waals surface area contributed by atoms with E-state index in [1.807, 2.05) is 6.92 Å². The van der Waals surface area contributed by atoms with Gasteiger partial charge in [0.2, 0.25) is 5.82 Å². The Morgan fingerprint density at radius 2 is 2.29 bits per heavy atom. The molecule has 6 heteroatoms. The van der Waals surface area contributed by atoms with E-state index in [2.05, 4.69) is 46.4 Å². The van der Waals surface area contributed by atoms with Crippen LogP contribution in [0.4, 0.5) is 0 Å². The highest BCUT2D eigenvalue weighted by atomic mass is 16.2. The van der Waals surface area contributed by atoms with Gasteiger partial charge in [-0.15, -0.1) is 5.10 Å². The molecule has 0 aliphatic heterocycles. The summed E-state index contributed by atoms with van der Waals surface area (Å²) in [6.07, 6.45) is 5.49. The number of hydrogen-bond donors (Lipinski definition) is 2. The lowest BCUT2D eigenvalue weighted by atomic mass is 9.75. The van der Waals surface area contributed by atoms with Gasteiger partial charge >= 0.3 is 0 Å². The second kappa shape index (κ2) is 6.56. The summed E-state index contributed by atoms with van der Waals surface area (Å²) in [6, 6.07) is 0. The third-order valence-corrected chi connectivity index (χ3v) is 4.66. The number of H-pyrrole nitrogens is 1. The lowest BCUT2D eigenvalue weighted by molar-refractivity contribution is 0.0671. The maximum Gasteiger partial charge on any atom is 0.291 e. The van der Waals surface area contributed by atoms with Crippen LogP contribution in [-0.4, -0.2) is 52.2 Å². The maximum absolute atomic E-state index is 12.2. The van der Waals surface area contributed by atoms with Crippen LogP contribution in [0.2, 0.25) is 0 Å². The second-order valence-corrected chi connectivity index (χ2v) is 6.46. The number of carbonyl (C=O) groups is 1. The minimum Gasteiger partial charge on any atom is -0.347 e. The van der Waals surface area contributed by atoms with Gasteiger partial charge in [0, 0.05) is 18.5 Å². The van der Waals surface area contributed by atoms with Crippen molar-refractivity contribution in [2.45, 2.75) is 51.5 Å². The molecule has 0 aromatic carbocycles. The number of amides is 1. The smallest absolute Gasteiger partial charge is 0.291 e. The maximum atomic E-state index is 12.2. The summed E-state index contributed by atoms with van der Waals surface area (Å²) in [7, 11) is 4.21. The zero-order valence-corrected chi connectivity index (χ0v) is 13.6. The molecular formula is C15H27N5O. The van der Waals surface area contributed by atoms with Crippen molar-refractivity contribution in [1.82, 2.24) is 25.4 Å². The van der Waals surface area contributed by atoms with Gasteiger partial charge < -0.3 is 10.2 Å². The average Bonchev–Trinajstić information content (AvgIpc) is 2.93. The molecule has 21 heavy (non-hydrogen) atoms. The molecule has 0 radical (unpaired) electrons. The lowest BCUT2D eigenvalue weighted by Crippen LogP contribution is -2.55. The molecule has 0 spiro atoms. The number of likely N-dealkylation sites (N-methyl/N-ethyl adjacent to an activating group) is 1. The predicted molar refractivity (Wildman–Crippen MR) is 82.1 cm³/mol. The Morgan fingerprint density at radius 1 is 1.52 bits per heavy atom. The fourth-order valence-electron chi connectivity index (χ4n) is 3.24. The summed E-state index contributed by atoms with van der Waals surface area (Å²) in [4.78, 5) is 18.6. The molecule has 1 fully saturated rings. The van der Waals surface area contributed by atoms with Crippen molar-refractivity contribution in [3.8, 4) is 0 Å². The molecule has 0 bridgehead atoms. The average molecular weight is 293 g/mol. The number of aromatic amines is 1. The van der Waals surface area contributed by atoms with Gasteiger partial charge in [-0.25, -0.2) is 4.98 Å². The zero-order chi connectivity index (χ0) is 15.5. The minimum absolute atomic E-state index is 0.0528. The molecule has 1 aliphatic carbocycles. The quantitative estimate of drug-likeness (QED) is 0.865. The molecule has 1 amide bonds. The Bertz CT molecular complexity index is 484. The molecule has 0 saturated heterocycles. The van der Waals surface area contributed by atoms with Crippen molar-refractivity contribution in [2.24, 2.45) is 5.92 Å². The molecule has 1 aromatic rings. The van der Waals surface area contributed by atoms with Crippen molar-refractivity contribution in [1.29, 1.82) is 0 Å². The van der Waals surface area contributed by atoms with E-state index >= 15 is 0 Å². The standard InChI is InChI=1S/C15H27N5O/c1-5-12-17-13(19-18-12)14(21)16-10-15(20(3)4)8-6-7-11(2)9-15/h11H,5-10H2,1-4H3,(H,16,21)(H,17,18,19). The van der Waals surface area contributed by atoms with Crippen LogP contribution in [0.3, 0.4) is 0 Å². The van der Waals surface area contributed by atoms with E-state index in [-0.39, 0.29) is 17.3 Å². The first-order chi connectivity index (χ1) is 9.97. The first kappa shape index (κ1) is 15.9. The summed E-state index contributed by atoms with van der Waals surface area (Å²) in [5.74, 6) is 1.50. The van der Waals surface area contributed by atoms with E-state index in [1.165, 1.54) is 12.8 Å². The Kier molecular flexibility index (Phi) is 4.98. The van der Waals surface area contributed by atoms with Crippen LogP contribution in [0.1, 0.15) is 56.0 Å². The molecule has 118 valence electrons. The van der Waals surface area contributed by atoms with Gasteiger partial charge in [0.25, 0.3) is 5.91 Å². The molecule has 1 saturated carbocycles. The van der Waals surface area contributed by atoms with Crippen LogP contribution >= 0.6 is 0 Å². The van der Waals surface area contributed by atoms with E-state index in [0.717, 1.165) is 25.1 Å². The number of rotatable bonds is 5. The van der Waals surface area contributed by atoms with Crippen LogP contribution in [0.25, 0.3) is 0 Å². The molecular weight excluding hydrogens is 266 g/mol. The first-order valence-electron chi connectivity index (χ1n) is 7.84. The Hall–Kier alpha value is -1.43. The van der Waals surface area contributed by atoms with Crippen molar-refractivity contribution in [3.05, 3.63) is 11.6 Å². The van der Waals surface area contributed by atoms with Crippen molar-refractivity contribution < 1.29 is 4.79 Å². The molecule has 2 rings (SSSR count).